The van der Waals surface area contributed by atoms with Gasteiger partial charge in [0.25, 0.3) is 0 Å². The van der Waals surface area contributed by atoms with E-state index >= 15 is 0 Å². The van der Waals surface area contributed by atoms with Gasteiger partial charge in [-0.3, -0.25) is 0 Å². The monoisotopic (exact) mass is 218 g/mol. The summed E-state index contributed by atoms with van der Waals surface area (Å²) in [5, 5.41) is 28.0. The second kappa shape index (κ2) is 4.02. The molecule has 4 nitrogen and oxygen atoms in total. The maximum atomic E-state index is 9.49. The smallest absolute Gasteiger partial charge is 0.201 e. The van der Waals surface area contributed by atoms with Crippen LogP contribution in [-0.2, 0) is 0 Å². The van der Waals surface area contributed by atoms with Gasteiger partial charge in [0, 0.05) is 6.07 Å². The summed E-state index contributed by atoms with van der Waals surface area (Å²) in [6.45, 7) is 0. The van der Waals surface area contributed by atoms with Gasteiger partial charge in [0.1, 0.15) is 11.5 Å². The molecule has 0 aliphatic rings. The molecule has 0 fully saturated rings. The van der Waals surface area contributed by atoms with Crippen LogP contribution in [-0.4, -0.2) is 15.3 Å². The summed E-state index contributed by atoms with van der Waals surface area (Å²) in [6.07, 6.45) is 0. The third-order valence-corrected chi connectivity index (χ3v) is 2.02. The van der Waals surface area contributed by atoms with Crippen LogP contribution in [0, 0.1) is 0 Å². The highest BCUT2D eigenvalue weighted by Gasteiger charge is 2.07. The van der Waals surface area contributed by atoms with Crippen molar-refractivity contribution >= 4 is 0 Å². The maximum absolute atomic E-state index is 9.49. The fourth-order valence-electron chi connectivity index (χ4n) is 1.27. The molecule has 2 aromatic carbocycles. The first kappa shape index (κ1) is 10.2. The number of para-hydroxylation sites is 1. The highest BCUT2D eigenvalue weighted by Crippen LogP contribution is 2.37. The Morgan fingerprint density at radius 2 is 1.62 bits per heavy atom. The fraction of sp³-hybridized carbons (Fsp3) is 0. The fourth-order valence-corrected chi connectivity index (χ4v) is 1.27. The Kier molecular flexibility index (Phi) is 2.55. The Labute approximate surface area is 92.0 Å². The SMILES string of the molecule is Oc1cccc(Oc2cccc(O)c2O)c1. The van der Waals surface area contributed by atoms with Crippen LogP contribution in [0.4, 0.5) is 0 Å². The Hall–Kier alpha value is -2.36. The van der Waals surface area contributed by atoms with Crippen molar-refractivity contribution < 1.29 is 20.1 Å². The molecular weight excluding hydrogens is 208 g/mol. The molecule has 0 saturated carbocycles. The molecule has 3 N–H and O–H groups in total. The topological polar surface area (TPSA) is 69.9 Å². The van der Waals surface area contributed by atoms with E-state index in [1.807, 2.05) is 0 Å². The summed E-state index contributed by atoms with van der Waals surface area (Å²) in [7, 11) is 0. The summed E-state index contributed by atoms with van der Waals surface area (Å²) in [6, 6.07) is 10.6. The largest absolute Gasteiger partial charge is 0.508 e. The van der Waals surface area contributed by atoms with Crippen LogP contribution in [0.25, 0.3) is 0 Å². The van der Waals surface area contributed by atoms with Crippen molar-refractivity contribution in [2.75, 3.05) is 0 Å². The molecular formula is C12H10O4. The molecule has 0 unspecified atom stereocenters. The van der Waals surface area contributed by atoms with Crippen molar-refractivity contribution in [1.29, 1.82) is 0 Å². The molecule has 0 amide bonds. The first-order valence-electron chi connectivity index (χ1n) is 4.64. The van der Waals surface area contributed by atoms with Crippen molar-refractivity contribution in [1.82, 2.24) is 0 Å². The minimum absolute atomic E-state index is 0.0668. The van der Waals surface area contributed by atoms with Crippen LogP contribution < -0.4 is 4.74 Å². The van der Waals surface area contributed by atoms with Crippen LogP contribution in [0.3, 0.4) is 0 Å². The van der Waals surface area contributed by atoms with Crippen molar-refractivity contribution in [2.24, 2.45) is 0 Å². The lowest BCUT2D eigenvalue weighted by Gasteiger charge is -2.08. The predicted octanol–water partition coefficient (Wildman–Crippen LogP) is 2.60. The number of phenols is 3. The Morgan fingerprint density at radius 1 is 0.875 bits per heavy atom. The van der Waals surface area contributed by atoms with Crippen LogP contribution in [0.2, 0.25) is 0 Å². The normalized spacial score (nSPS) is 10.0. The zero-order valence-corrected chi connectivity index (χ0v) is 8.29. The van der Waals surface area contributed by atoms with Crippen LogP contribution >= 0.6 is 0 Å². The lowest BCUT2D eigenvalue weighted by Crippen LogP contribution is -1.84. The Balaban J connectivity index is 2.31. The van der Waals surface area contributed by atoms with Gasteiger partial charge in [0.15, 0.2) is 11.5 Å². The standard InChI is InChI=1S/C12H10O4/c13-8-3-1-4-9(7-8)16-11-6-2-5-10(14)12(11)15/h1-7,13-15H. The van der Waals surface area contributed by atoms with E-state index in [1.165, 1.54) is 24.3 Å². The number of hydrogen-bond acceptors (Lipinski definition) is 4. The van der Waals surface area contributed by atoms with Gasteiger partial charge < -0.3 is 20.1 Å². The molecule has 0 spiro atoms. The molecule has 0 radical (unpaired) electrons. The summed E-state index contributed by atoms with van der Waals surface area (Å²) in [4.78, 5) is 0. The van der Waals surface area contributed by atoms with Gasteiger partial charge in [-0.2, -0.15) is 0 Å². The molecule has 0 heterocycles. The number of hydrogen-bond donors (Lipinski definition) is 3. The minimum Gasteiger partial charge on any atom is -0.508 e. The quantitative estimate of drug-likeness (QED) is 0.677. The zero-order valence-electron chi connectivity index (χ0n) is 8.29. The van der Waals surface area contributed by atoms with E-state index in [0.717, 1.165) is 0 Å². The average Bonchev–Trinajstić information content (AvgIpc) is 2.25. The Bertz CT molecular complexity index is 508. The van der Waals surface area contributed by atoms with Crippen molar-refractivity contribution in [3.05, 3.63) is 42.5 Å². The molecule has 2 aromatic rings. The average molecular weight is 218 g/mol. The number of benzene rings is 2. The van der Waals surface area contributed by atoms with Crippen LogP contribution in [0.1, 0.15) is 0 Å². The highest BCUT2D eigenvalue weighted by atomic mass is 16.5. The molecule has 0 aliphatic carbocycles. The summed E-state index contributed by atoms with van der Waals surface area (Å²) >= 11 is 0. The van der Waals surface area contributed by atoms with Gasteiger partial charge >= 0.3 is 0 Å². The zero-order chi connectivity index (χ0) is 11.5. The van der Waals surface area contributed by atoms with Crippen LogP contribution in [0.5, 0.6) is 28.7 Å². The van der Waals surface area contributed by atoms with E-state index in [4.69, 9.17) is 4.74 Å². The van der Waals surface area contributed by atoms with Crippen LogP contribution in [0.15, 0.2) is 42.5 Å². The van der Waals surface area contributed by atoms with Crippen molar-refractivity contribution in [3.63, 3.8) is 0 Å². The first-order chi connectivity index (χ1) is 7.66. The van der Waals surface area contributed by atoms with Gasteiger partial charge in [0.2, 0.25) is 5.75 Å². The Morgan fingerprint density at radius 3 is 2.38 bits per heavy atom. The molecule has 0 atom stereocenters. The molecule has 0 aliphatic heterocycles. The second-order valence-corrected chi connectivity index (χ2v) is 3.22. The van der Waals surface area contributed by atoms with E-state index < -0.39 is 0 Å². The molecule has 2 rings (SSSR count). The third kappa shape index (κ3) is 2.00. The summed E-state index contributed by atoms with van der Waals surface area (Å²) < 4.78 is 5.30. The molecule has 16 heavy (non-hydrogen) atoms. The third-order valence-electron chi connectivity index (χ3n) is 2.02. The van der Waals surface area contributed by atoms with Crippen molar-refractivity contribution in [2.45, 2.75) is 0 Å². The van der Waals surface area contributed by atoms with Gasteiger partial charge in [0.05, 0.1) is 0 Å². The number of aromatic hydroxyl groups is 3. The predicted molar refractivity (Wildman–Crippen MR) is 58.0 cm³/mol. The minimum atomic E-state index is -0.328. The molecule has 4 heteroatoms. The van der Waals surface area contributed by atoms with E-state index in [2.05, 4.69) is 0 Å². The molecule has 0 bridgehead atoms. The van der Waals surface area contributed by atoms with Gasteiger partial charge in [-0.25, -0.2) is 0 Å². The van der Waals surface area contributed by atoms with Gasteiger partial charge in [-0.05, 0) is 24.3 Å². The second-order valence-electron chi connectivity index (χ2n) is 3.22. The molecule has 0 saturated heterocycles. The first-order valence-corrected chi connectivity index (χ1v) is 4.64. The number of rotatable bonds is 2. The molecule has 0 aromatic heterocycles. The number of ether oxygens (including phenoxy) is 1. The lowest BCUT2D eigenvalue weighted by molar-refractivity contribution is 0.372. The van der Waals surface area contributed by atoms with E-state index in [9.17, 15) is 15.3 Å². The summed E-state index contributed by atoms with van der Waals surface area (Å²) in [5.74, 6) is -0.00728. The van der Waals surface area contributed by atoms with Crippen molar-refractivity contribution in [3.8, 4) is 28.7 Å². The van der Waals surface area contributed by atoms with E-state index in [1.54, 1.807) is 18.2 Å². The van der Waals surface area contributed by atoms with Gasteiger partial charge in [-0.1, -0.05) is 12.1 Å². The van der Waals surface area contributed by atoms with Gasteiger partial charge in [-0.15, -0.1) is 0 Å². The molecule has 82 valence electrons. The highest BCUT2D eigenvalue weighted by molar-refractivity contribution is 5.50. The van der Waals surface area contributed by atoms with E-state index in [0.29, 0.717) is 5.75 Å². The number of phenolic OH excluding ortho intramolecular Hbond substituents is 3. The maximum Gasteiger partial charge on any atom is 0.201 e. The summed E-state index contributed by atoms with van der Waals surface area (Å²) in [5.41, 5.74) is 0. The van der Waals surface area contributed by atoms with E-state index in [-0.39, 0.29) is 23.0 Å². The lowest BCUT2D eigenvalue weighted by atomic mass is 10.3.